The van der Waals surface area contributed by atoms with Crippen molar-refractivity contribution in [2.75, 3.05) is 24.2 Å². The van der Waals surface area contributed by atoms with Crippen molar-refractivity contribution in [1.29, 1.82) is 0 Å². The zero-order valence-corrected chi connectivity index (χ0v) is 15.3. The molecule has 0 bridgehead atoms. The summed E-state index contributed by atoms with van der Waals surface area (Å²) >= 11 is 0. The van der Waals surface area contributed by atoms with Crippen LogP contribution in [0.5, 0.6) is 0 Å². The predicted molar refractivity (Wildman–Crippen MR) is 104 cm³/mol. The van der Waals surface area contributed by atoms with E-state index in [1.807, 2.05) is 23.1 Å². The Kier molecular flexibility index (Phi) is 4.34. The third-order valence-corrected chi connectivity index (χ3v) is 5.30. The van der Waals surface area contributed by atoms with Gasteiger partial charge < -0.3 is 4.90 Å². The minimum atomic E-state index is -3.20. The second-order valence-corrected chi connectivity index (χ2v) is 8.41. The molecule has 0 aliphatic carbocycles. The molecule has 7 heteroatoms. The van der Waals surface area contributed by atoms with Gasteiger partial charge in [-0.2, -0.15) is 0 Å². The molecule has 1 aliphatic rings. The van der Waals surface area contributed by atoms with Crippen LogP contribution in [-0.4, -0.2) is 43.8 Å². The van der Waals surface area contributed by atoms with E-state index < -0.39 is 10.0 Å². The lowest BCUT2D eigenvalue weighted by Crippen LogP contribution is -2.36. The van der Waals surface area contributed by atoms with Crippen molar-refractivity contribution >= 4 is 26.7 Å². The van der Waals surface area contributed by atoms with E-state index in [1.54, 1.807) is 6.20 Å². The van der Waals surface area contributed by atoms with E-state index >= 15 is 0 Å². The monoisotopic (exact) mass is 368 g/mol. The summed E-state index contributed by atoms with van der Waals surface area (Å²) in [6.45, 7) is 1.31. The van der Waals surface area contributed by atoms with Gasteiger partial charge in [0.2, 0.25) is 16.0 Å². The second kappa shape index (κ2) is 6.66. The smallest absolute Gasteiger partial charge is 0.225 e. The fourth-order valence-electron chi connectivity index (χ4n) is 3.35. The molecule has 1 aliphatic heterocycles. The van der Waals surface area contributed by atoms with Crippen LogP contribution < -0.4 is 9.62 Å². The van der Waals surface area contributed by atoms with Gasteiger partial charge in [0.25, 0.3) is 0 Å². The lowest BCUT2D eigenvalue weighted by molar-refractivity contribution is 0.567. The number of nitrogens with one attached hydrogen (secondary N) is 1. The average Bonchev–Trinajstić information content (AvgIpc) is 3.08. The minimum Gasteiger partial charge on any atom is -0.339 e. The van der Waals surface area contributed by atoms with Crippen LogP contribution in [0, 0.1) is 0 Å². The van der Waals surface area contributed by atoms with Crippen LogP contribution in [0.15, 0.2) is 54.7 Å². The van der Waals surface area contributed by atoms with Crippen LogP contribution in [0.4, 0.5) is 5.95 Å². The van der Waals surface area contributed by atoms with Gasteiger partial charge >= 0.3 is 0 Å². The molecule has 1 aromatic heterocycles. The molecule has 0 spiro atoms. The molecular weight excluding hydrogens is 348 g/mol. The fraction of sp³-hybridized carbons (Fsp3) is 0.263. The quantitative estimate of drug-likeness (QED) is 0.765. The molecule has 3 aromatic rings. The highest BCUT2D eigenvalue weighted by Gasteiger charge is 2.26. The van der Waals surface area contributed by atoms with Gasteiger partial charge in [0.15, 0.2) is 0 Å². The van der Waals surface area contributed by atoms with Gasteiger partial charge in [0.05, 0.1) is 11.9 Å². The van der Waals surface area contributed by atoms with Crippen LogP contribution in [0.1, 0.15) is 6.42 Å². The standard InChI is InChI=1S/C19H20N4O2S/c1-26(24,25)22-17-9-11-23(13-17)19-20-10-8-18(21-19)16-7-6-14-4-2-3-5-15(14)12-16/h2-8,10,12,17,22H,9,11,13H2,1H3/t17-/m1/s1. The summed E-state index contributed by atoms with van der Waals surface area (Å²) in [5.41, 5.74) is 1.90. The van der Waals surface area contributed by atoms with Crippen molar-refractivity contribution in [1.82, 2.24) is 14.7 Å². The van der Waals surface area contributed by atoms with Crippen molar-refractivity contribution in [2.24, 2.45) is 0 Å². The lowest BCUT2D eigenvalue weighted by Gasteiger charge is -2.17. The molecule has 4 rings (SSSR count). The Balaban J connectivity index is 1.58. The Morgan fingerprint density at radius 3 is 2.73 bits per heavy atom. The van der Waals surface area contributed by atoms with E-state index in [2.05, 4.69) is 40.0 Å². The van der Waals surface area contributed by atoms with Gasteiger partial charge in [0, 0.05) is 30.9 Å². The van der Waals surface area contributed by atoms with E-state index in [0.29, 0.717) is 12.5 Å². The predicted octanol–water partition coefficient (Wildman–Crippen LogP) is 2.42. The van der Waals surface area contributed by atoms with E-state index in [9.17, 15) is 8.42 Å². The number of hydrogen-bond donors (Lipinski definition) is 1. The first-order valence-electron chi connectivity index (χ1n) is 8.52. The summed E-state index contributed by atoms with van der Waals surface area (Å²) in [4.78, 5) is 11.1. The Morgan fingerprint density at radius 2 is 1.92 bits per heavy atom. The summed E-state index contributed by atoms with van der Waals surface area (Å²) in [7, 11) is -3.20. The van der Waals surface area contributed by atoms with Gasteiger partial charge in [0.1, 0.15) is 0 Å². The molecule has 0 amide bonds. The summed E-state index contributed by atoms with van der Waals surface area (Å²) in [6.07, 6.45) is 3.69. The molecule has 1 atom stereocenters. The van der Waals surface area contributed by atoms with Gasteiger partial charge in [-0.25, -0.2) is 23.1 Å². The third kappa shape index (κ3) is 3.68. The number of sulfonamides is 1. The summed E-state index contributed by atoms with van der Waals surface area (Å²) in [6, 6.07) is 16.3. The van der Waals surface area contributed by atoms with E-state index in [1.165, 1.54) is 17.0 Å². The first-order valence-corrected chi connectivity index (χ1v) is 10.4. The number of benzene rings is 2. The molecule has 2 aromatic carbocycles. The number of rotatable bonds is 4. The fourth-order valence-corrected chi connectivity index (χ4v) is 4.15. The number of fused-ring (bicyclic) bond motifs is 1. The molecule has 1 N–H and O–H groups in total. The molecule has 2 heterocycles. The van der Waals surface area contributed by atoms with E-state index in [4.69, 9.17) is 4.98 Å². The summed E-state index contributed by atoms with van der Waals surface area (Å²) in [5, 5.41) is 2.36. The lowest BCUT2D eigenvalue weighted by atomic mass is 10.1. The molecule has 134 valence electrons. The highest BCUT2D eigenvalue weighted by Crippen LogP contribution is 2.25. The van der Waals surface area contributed by atoms with E-state index in [-0.39, 0.29) is 6.04 Å². The third-order valence-electron chi connectivity index (χ3n) is 4.54. The molecule has 26 heavy (non-hydrogen) atoms. The molecule has 0 saturated carbocycles. The van der Waals surface area contributed by atoms with Gasteiger partial charge in [-0.05, 0) is 29.3 Å². The van der Waals surface area contributed by atoms with Gasteiger partial charge in [-0.3, -0.25) is 0 Å². The molecule has 6 nitrogen and oxygen atoms in total. The second-order valence-electron chi connectivity index (χ2n) is 6.63. The molecule has 0 radical (unpaired) electrons. The van der Waals surface area contributed by atoms with Crippen LogP contribution in [0.2, 0.25) is 0 Å². The zero-order chi connectivity index (χ0) is 18.1. The van der Waals surface area contributed by atoms with Crippen molar-refractivity contribution < 1.29 is 8.42 Å². The largest absolute Gasteiger partial charge is 0.339 e. The van der Waals surface area contributed by atoms with Crippen LogP contribution in [0.3, 0.4) is 0 Å². The van der Waals surface area contributed by atoms with Gasteiger partial charge in [-0.15, -0.1) is 0 Å². The Bertz CT molecular complexity index is 1050. The molecule has 1 saturated heterocycles. The topological polar surface area (TPSA) is 75.2 Å². The van der Waals surface area contributed by atoms with Crippen molar-refractivity contribution in [3.05, 3.63) is 54.7 Å². The summed E-state index contributed by atoms with van der Waals surface area (Å²) < 4.78 is 25.5. The zero-order valence-electron chi connectivity index (χ0n) is 14.5. The maximum Gasteiger partial charge on any atom is 0.225 e. The molecule has 0 unspecified atom stereocenters. The number of hydrogen-bond acceptors (Lipinski definition) is 5. The van der Waals surface area contributed by atoms with Crippen LogP contribution >= 0.6 is 0 Å². The number of aromatic nitrogens is 2. The van der Waals surface area contributed by atoms with Crippen molar-refractivity contribution in [3.8, 4) is 11.3 Å². The SMILES string of the molecule is CS(=O)(=O)N[C@@H]1CCN(c2nccc(-c3ccc4ccccc4c3)n2)C1. The van der Waals surface area contributed by atoms with Crippen LogP contribution in [0.25, 0.3) is 22.0 Å². The normalized spacial score (nSPS) is 17.7. The average molecular weight is 368 g/mol. The summed E-state index contributed by atoms with van der Waals surface area (Å²) in [5.74, 6) is 0.633. The van der Waals surface area contributed by atoms with Crippen molar-refractivity contribution in [2.45, 2.75) is 12.5 Å². The maximum absolute atomic E-state index is 11.4. The van der Waals surface area contributed by atoms with E-state index in [0.717, 1.165) is 24.2 Å². The highest BCUT2D eigenvalue weighted by atomic mass is 32.2. The maximum atomic E-state index is 11.4. The first kappa shape index (κ1) is 16.9. The van der Waals surface area contributed by atoms with Crippen LogP contribution in [-0.2, 0) is 10.0 Å². The minimum absolute atomic E-state index is 0.0991. The van der Waals surface area contributed by atoms with Crippen molar-refractivity contribution in [3.63, 3.8) is 0 Å². The van der Waals surface area contributed by atoms with Gasteiger partial charge in [-0.1, -0.05) is 36.4 Å². The number of anilines is 1. The Hall–Kier alpha value is -2.51. The molecule has 1 fully saturated rings. The molecular formula is C19H20N4O2S. The Labute approximate surface area is 152 Å². The highest BCUT2D eigenvalue weighted by molar-refractivity contribution is 7.88. The first-order chi connectivity index (χ1) is 12.5. The Morgan fingerprint density at radius 1 is 1.12 bits per heavy atom. The number of nitrogens with zero attached hydrogens (tertiary/aromatic N) is 3.